The number of fused-ring (bicyclic) bond motifs is 1. The molecule has 0 aliphatic carbocycles. The van der Waals surface area contributed by atoms with Crippen LogP contribution in [0, 0.1) is 0 Å². The summed E-state index contributed by atoms with van der Waals surface area (Å²) in [5, 5.41) is 6.37. The molecule has 1 aliphatic heterocycles. The van der Waals surface area contributed by atoms with Crippen LogP contribution in [0.15, 0.2) is 34.9 Å². The largest absolute Gasteiger partial charge is 0.379 e. The molecular weight excluding hydrogens is 456 g/mol. The highest BCUT2D eigenvalue weighted by atomic mass is 79.9. The number of carbonyl (C=O) groups is 1. The first kappa shape index (κ1) is 21.8. The summed E-state index contributed by atoms with van der Waals surface area (Å²) in [6.07, 6.45) is 5.29. The first-order valence-corrected chi connectivity index (χ1v) is 11.7. The maximum Gasteiger partial charge on any atom is 0.220 e. The highest BCUT2D eigenvalue weighted by Crippen LogP contribution is 2.32. The van der Waals surface area contributed by atoms with E-state index in [1.54, 1.807) is 7.05 Å². The van der Waals surface area contributed by atoms with Crippen LogP contribution in [0.3, 0.4) is 0 Å². The van der Waals surface area contributed by atoms with Crippen LogP contribution in [0.2, 0.25) is 0 Å². The molecule has 0 spiro atoms. The monoisotopic (exact) mass is 484 g/mol. The van der Waals surface area contributed by atoms with Crippen LogP contribution in [0.4, 0.5) is 5.69 Å². The number of imidazole rings is 1. The third-order valence-corrected chi connectivity index (χ3v) is 6.60. The summed E-state index contributed by atoms with van der Waals surface area (Å²) in [5.41, 5.74) is 4.76. The van der Waals surface area contributed by atoms with Crippen molar-refractivity contribution in [3.63, 3.8) is 0 Å². The van der Waals surface area contributed by atoms with Crippen molar-refractivity contribution >= 4 is 38.7 Å². The fraction of sp³-hybridized carbons (Fsp3) is 0.435. The number of aromatic amines is 1. The van der Waals surface area contributed by atoms with Crippen LogP contribution < -0.4 is 10.6 Å². The number of amides is 1. The van der Waals surface area contributed by atoms with Gasteiger partial charge in [-0.3, -0.25) is 4.79 Å². The summed E-state index contributed by atoms with van der Waals surface area (Å²) in [4.78, 5) is 26.7. The molecule has 1 aromatic carbocycles. The molecule has 31 heavy (non-hydrogen) atoms. The van der Waals surface area contributed by atoms with Gasteiger partial charge >= 0.3 is 0 Å². The maximum atomic E-state index is 11.5. The summed E-state index contributed by atoms with van der Waals surface area (Å²) in [5.74, 6) is 0.848. The SMILES string of the molecule is CCN1CCC(Nc2c(Br)cnc3[nH]c(-c4ccc(CCC(=O)NC)cc4)nc23)CC1. The summed E-state index contributed by atoms with van der Waals surface area (Å²) in [6, 6.07) is 8.62. The van der Waals surface area contributed by atoms with Crippen molar-refractivity contribution in [1.29, 1.82) is 0 Å². The van der Waals surface area contributed by atoms with Crippen molar-refractivity contribution in [3.05, 3.63) is 40.5 Å². The van der Waals surface area contributed by atoms with E-state index in [-0.39, 0.29) is 5.91 Å². The minimum atomic E-state index is 0.0541. The highest BCUT2D eigenvalue weighted by Gasteiger charge is 2.21. The third kappa shape index (κ3) is 5.07. The van der Waals surface area contributed by atoms with E-state index in [2.05, 4.69) is 60.5 Å². The normalized spacial score (nSPS) is 15.3. The lowest BCUT2D eigenvalue weighted by molar-refractivity contribution is -0.120. The molecule has 3 N–H and O–H groups in total. The number of benzene rings is 1. The zero-order valence-corrected chi connectivity index (χ0v) is 19.6. The molecule has 2 aromatic heterocycles. The van der Waals surface area contributed by atoms with Crippen LogP contribution in [-0.4, -0.2) is 58.5 Å². The van der Waals surface area contributed by atoms with E-state index in [1.165, 1.54) is 0 Å². The second-order valence-electron chi connectivity index (χ2n) is 7.99. The molecule has 0 atom stereocenters. The average Bonchev–Trinajstić information content (AvgIpc) is 3.25. The first-order valence-electron chi connectivity index (χ1n) is 10.9. The van der Waals surface area contributed by atoms with Gasteiger partial charge in [0.1, 0.15) is 11.3 Å². The fourth-order valence-electron chi connectivity index (χ4n) is 4.01. The van der Waals surface area contributed by atoms with E-state index in [0.29, 0.717) is 12.5 Å². The molecule has 164 valence electrons. The Bertz CT molecular complexity index is 1040. The van der Waals surface area contributed by atoms with Crippen LogP contribution in [0.25, 0.3) is 22.6 Å². The molecular formula is C23H29BrN6O. The summed E-state index contributed by atoms with van der Waals surface area (Å²) in [6.45, 7) is 5.58. The molecule has 3 heterocycles. The van der Waals surface area contributed by atoms with Gasteiger partial charge < -0.3 is 20.5 Å². The Morgan fingerprint density at radius 3 is 2.68 bits per heavy atom. The van der Waals surface area contributed by atoms with Crippen LogP contribution in [-0.2, 0) is 11.2 Å². The smallest absolute Gasteiger partial charge is 0.220 e. The average molecular weight is 485 g/mol. The Labute approximate surface area is 191 Å². The molecule has 1 aliphatic rings. The number of pyridine rings is 1. The molecule has 0 saturated carbocycles. The van der Waals surface area contributed by atoms with Crippen molar-refractivity contribution in [1.82, 2.24) is 25.2 Å². The second kappa shape index (κ2) is 9.78. The fourth-order valence-corrected chi connectivity index (χ4v) is 4.42. The molecule has 3 aromatic rings. The molecule has 1 saturated heterocycles. The Hall–Kier alpha value is -2.45. The number of aryl methyl sites for hydroxylation is 1. The van der Waals surface area contributed by atoms with Crippen molar-refractivity contribution in [2.45, 2.75) is 38.6 Å². The van der Waals surface area contributed by atoms with E-state index >= 15 is 0 Å². The highest BCUT2D eigenvalue weighted by molar-refractivity contribution is 9.10. The predicted molar refractivity (Wildman–Crippen MR) is 128 cm³/mol. The molecule has 0 unspecified atom stereocenters. The van der Waals surface area contributed by atoms with E-state index in [1.807, 2.05) is 18.3 Å². The molecule has 0 radical (unpaired) electrons. The Morgan fingerprint density at radius 2 is 2.00 bits per heavy atom. The number of aromatic nitrogens is 3. The van der Waals surface area contributed by atoms with Crippen LogP contribution in [0.1, 0.15) is 31.7 Å². The number of carbonyl (C=O) groups excluding carboxylic acids is 1. The number of rotatable bonds is 7. The molecule has 8 heteroatoms. The standard InChI is InChI=1S/C23H29BrN6O/c1-3-30-12-10-17(11-13-30)27-20-18(24)14-26-23-21(20)28-22(29-23)16-7-4-15(5-8-16)6-9-19(31)25-2/h4-5,7-8,14,17H,3,6,9-13H2,1-2H3,(H,25,31)(H2,26,27,28,29). The topological polar surface area (TPSA) is 85.9 Å². The lowest BCUT2D eigenvalue weighted by Crippen LogP contribution is -2.38. The molecule has 4 rings (SSSR count). The third-order valence-electron chi connectivity index (χ3n) is 6.00. The minimum Gasteiger partial charge on any atom is -0.379 e. The number of likely N-dealkylation sites (tertiary alicyclic amines) is 1. The second-order valence-corrected chi connectivity index (χ2v) is 8.84. The molecule has 1 fully saturated rings. The van der Waals surface area contributed by atoms with Gasteiger partial charge in [0.25, 0.3) is 0 Å². The predicted octanol–water partition coefficient (Wildman–Crippen LogP) is 3.96. The zero-order valence-electron chi connectivity index (χ0n) is 18.0. The van der Waals surface area contributed by atoms with Gasteiger partial charge in [-0.2, -0.15) is 0 Å². The number of nitrogens with one attached hydrogen (secondary N) is 3. The lowest BCUT2D eigenvalue weighted by atomic mass is 10.0. The summed E-state index contributed by atoms with van der Waals surface area (Å²) in [7, 11) is 1.66. The van der Waals surface area contributed by atoms with Gasteiger partial charge in [-0.15, -0.1) is 0 Å². The Morgan fingerprint density at radius 1 is 1.26 bits per heavy atom. The number of piperidine rings is 1. The Balaban J connectivity index is 1.53. The van der Waals surface area contributed by atoms with Crippen molar-refractivity contribution in [3.8, 4) is 11.4 Å². The van der Waals surface area contributed by atoms with E-state index in [9.17, 15) is 4.79 Å². The number of H-pyrrole nitrogens is 1. The molecule has 7 nitrogen and oxygen atoms in total. The van der Waals surface area contributed by atoms with Gasteiger partial charge in [0.2, 0.25) is 5.91 Å². The summed E-state index contributed by atoms with van der Waals surface area (Å²) < 4.78 is 0.931. The van der Waals surface area contributed by atoms with Gasteiger partial charge in [-0.1, -0.05) is 31.2 Å². The lowest BCUT2D eigenvalue weighted by Gasteiger charge is -2.32. The van der Waals surface area contributed by atoms with Gasteiger partial charge in [-0.05, 0) is 47.3 Å². The summed E-state index contributed by atoms with van der Waals surface area (Å²) >= 11 is 3.66. The Kier molecular flexibility index (Phi) is 6.87. The number of nitrogens with zero attached hydrogens (tertiary/aromatic N) is 3. The van der Waals surface area contributed by atoms with Crippen LogP contribution in [0.5, 0.6) is 0 Å². The molecule has 0 bridgehead atoms. The zero-order chi connectivity index (χ0) is 21.8. The van der Waals surface area contributed by atoms with Crippen molar-refractivity contribution < 1.29 is 4.79 Å². The van der Waals surface area contributed by atoms with E-state index in [0.717, 1.165) is 77.2 Å². The van der Waals surface area contributed by atoms with Gasteiger partial charge in [0, 0.05) is 44.4 Å². The maximum absolute atomic E-state index is 11.5. The van der Waals surface area contributed by atoms with Crippen molar-refractivity contribution in [2.75, 3.05) is 32.0 Å². The number of anilines is 1. The van der Waals surface area contributed by atoms with Gasteiger partial charge in [0.05, 0.1) is 10.2 Å². The number of hydrogen-bond acceptors (Lipinski definition) is 5. The van der Waals surface area contributed by atoms with Crippen molar-refractivity contribution in [2.24, 2.45) is 0 Å². The van der Waals surface area contributed by atoms with Crippen LogP contribution >= 0.6 is 15.9 Å². The quantitative estimate of drug-likeness (QED) is 0.472. The van der Waals surface area contributed by atoms with E-state index in [4.69, 9.17) is 4.98 Å². The minimum absolute atomic E-state index is 0.0541. The number of hydrogen-bond donors (Lipinski definition) is 3. The van der Waals surface area contributed by atoms with Gasteiger partial charge in [0.15, 0.2) is 5.65 Å². The van der Waals surface area contributed by atoms with E-state index < -0.39 is 0 Å². The first-order chi connectivity index (χ1) is 15.1. The molecule has 1 amide bonds. The number of halogens is 1. The van der Waals surface area contributed by atoms with Gasteiger partial charge in [-0.25, -0.2) is 9.97 Å².